The van der Waals surface area contributed by atoms with Gasteiger partial charge in [0.15, 0.2) is 29.3 Å². The van der Waals surface area contributed by atoms with Gasteiger partial charge in [0.2, 0.25) is 7.34 Å². The number of quaternary nitrogens is 1. The summed E-state index contributed by atoms with van der Waals surface area (Å²) >= 11 is 0. The van der Waals surface area contributed by atoms with Crippen molar-refractivity contribution in [1.82, 2.24) is 19.5 Å². The fraction of sp³-hybridized carbons (Fsp3) is 0.700. The Morgan fingerprint density at radius 3 is 2.47 bits per heavy atom. The number of aliphatic hydroxyl groups excluding tert-OH is 1. The molecule has 14 heteroatoms. The Morgan fingerprint density at radius 2 is 2.00 bits per heavy atom. The quantitative estimate of drug-likeness (QED) is 0.365. The summed E-state index contributed by atoms with van der Waals surface area (Å²) in [6, 6.07) is 0. The highest BCUT2D eigenvalue weighted by Gasteiger charge is 2.49. The van der Waals surface area contributed by atoms with Crippen molar-refractivity contribution in [2.45, 2.75) is 59.1 Å². The summed E-state index contributed by atoms with van der Waals surface area (Å²) in [6.07, 6.45) is -0.545. The van der Waals surface area contributed by atoms with Crippen LogP contribution in [0.1, 0.15) is 42.2 Å². The number of carbonyl (C=O) groups excluding carboxylic acids is 1. The molecule has 0 saturated carbocycles. The molecule has 5 unspecified atom stereocenters. The van der Waals surface area contributed by atoms with Crippen LogP contribution in [-0.4, -0.2) is 89.0 Å². The van der Waals surface area contributed by atoms with Gasteiger partial charge in [0.25, 0.3) is 0 Å². The zero-order valence-electron chi connectivity index (χ0n) is 22.4. The first-order valence-electron chi connectivity index (χ1n) is 11.9. The van der Waals surface area contributed by atoms with Crippen LogP contribution in [0.3, 0.4) is 0 Å². The minimum Gasteiger partial charge on any atom is -0.400 e. The number of carbonyl (C=O) groups is 1. The standard InChI is InChI=1S/C13H16N5O6P.C6H15N.CH4O/c1-6-9(24-25(20)21)10(22-3)13(23-6)18-5-16-8-11(17-7(2)19)14-4-15-12(8)18;1-4-7(5-2)6-3;1-2/h4-6,9-10,13H,1-3H3,(H-,14,15,17,19,20,21);4-6H2,1-3H3;2H,1H3/p+2/i1D;;2T. The lowest BCUT2D eigenvalue weighted by atomic mass is 10.1. The molecule has 0 spiro atoms. The molecule has 1 fully saturated rings. The molecule has 0 aliphatic carbocycles. The van der Waals surface area contributed by atoms with Gasteiger partial charge in [-0.25, -0.2) is 15.0 Å². The van der Waals surface area contributed by atoms with Crippen molar-refractivity contribution >= 4 is 31.1 Å². The van der Waals surface area contributed by atoms with E-state index in [-0.39, 0.29) is 18.6 Å². The summed E-state index contributed by atoms with van der Waals surface area (Å²) in [7, 11) is -0.194. The molecule has 4 N–H and O–H groups in total. The van der Waals surface area contributed by atoms with E-state index in [1.165, 1.54) is 53.4 Å². The van der Waals surface area contributed by atoms with Crippen LogP contribution < -0.4 is 10.2 Å². The molecular weight excluding hydrogens is 467 g/mol. The lowest BCUT2D eigenvalue weighted by molar-refractivity contribution is -0.894. The smallest absolute Gasteiger partial charge is 0.400 e. The van der Waals surface area contributed by atoms with E-state index in [1.54, 1.807) is 9.47 Å². The van der Waals surface area contributed by atoms with Crippen LogP contribution in [0.2, 0.25) is 0 Å². The van der Waals surface area contributed by atoms with E-state index in [1.807, 2.05) is 0 Å². The Morgan fingerprint density at radius 1 is 1.35 bits per heavy atom. The van der Waals surface area contributed by atoms with Gasteiger partial charge >= 0.3 is 8.25 Å². The minimum absolute atomic E-state index is 0.192. The molecule has 1 aliphatic rings. The molecule has 3 rings (SSSR count). The van der Waals surface area contributed by atoms with Gasteiger partial charge in [-0.1, -0.05) is 0 Å². The lowest BCUT2D eigenvalue weighted by Crippen LogP contribution is -3.11. The SMILES string of the molecule is CC[NH+](CC)CC.[2H]CC1OC(n2cnc3c(NC(C)=O)ncnc32)C(OC)C1O[P+](=O)O.[3H]OC. The number of imidazole rings is 1. The van der Waals surface area contributed by atoms with Crippen molar-refractivity contribution < 1.29 is 39.6 Å². The topological polar surface area (TPSA) is 162 Å². The molecule has 1 saturated heterocycles. The average Bonchev–Trinajstić information content (AvgIpc) is 3.42. The van der Waals surface area contributed by atoms with E-state index >= 15 is 0 Å². The Bertz CT molecular complexity index is 947. The van der Waals surface area contributed by atoms with Crippen LogP contribution >= 0.6 is 8.25 Å². The first kappa shape index (κ1) is 26.5. The van der Waals surface area contributed by atoms with Crippen molar-refractivity contribution in [3.05, 3.63) is 12.7 Å². The fourth-order valence-corrected chi connectivity index (χ4v) is 3.92. The number of nitrogens with one attached hydrogen (secondary N) is 2. The summed E-state index contributed by atoms with van der Waals surface area (Å²) in [5, 5.41) is 6.07. The molecule has 5 atom stereocenters. The Labute approximate surface area is 203 Å². The summed E-state index contributed by atoms with van der Waals surface area (Å²) in [5.41, 5.74) is 0.717. The van der Waals surface area contributed by atoms with Crippen LogP contribution in [0.4, 0.5) is 5.82 Å². The number of hydrogen-bond acceptors (Lipinski definition) is 9. The van der Waals surface area contributed by atoms with Gasteiger partial charge in [0.05, 0.1) is 32.1 Å². The summed E-state index contributed by atoms with van der Waals surface area (Å²) < 4.78 is 42.2. The van der Waals surface area contributed by atoms with E-state index in [0.717, 1.165) is 0 Å². The highest BCUT2D eigenvalue weighted by molar-refractivity contribution is 7.32. The number of amides is 1. The van der Waals surface area contributed by atoms with Crippen molar-refractivity contribution in [2.75, 3.05) is 39.2 Å². The molecule has 13 nitrogen and oxygen atoms in total. The number of rotatable bonds is 8. The molecule has 3 heterocycles. The van der Waals surface area contributed by atoms with E-state index in [9.17, 15) is 9.36 Å². The van der Waals surface area contributed by atoms with Gasteiger partial charge in [-0.3, -0.25) is 9.36 Å². The van der Waals surface area contributed by atoms with E-state index in [2.05, 4.69) is 46.1 Å². The largest absolute Gasteiger partial charge is 0.695 e. The maximum absolute atomic E-state index is 11.3. The maximum Gasteiger partial charge on any atom is 0.695 e. The highest BCUT2D eigenvalue weighted by Crippen LogP contribution is 2.38. The van der Waals surface area contributed by atoms with Crippen molar-refractivity contribution in [3.8, 4) is 0 Å². The molecule has 2 aromatic rings. The van der Waals surface area contributed by atoms with Crippen LogP contribution in [0, 0.1) is 0 Å². The number of anilines is 1. The third-order valence-corrected chi connectivity index (χ3v) is 5.62. The lowest BCUT2D eigenvalue weighted by Gasteiger charge is -2.19. The molecule has 0 bridgehead atoms. The Hall–Kier alpha value is -2.12. The van der Waals surface area contributed by atoms with Gasteiger partial charge in [-0.2, -0.15) is 0 Å². The number of hydrogen-bond donors (Lipinski definition) is 4. The van der Waals surface area contributed by atoms with E-state index in [0.29, 0.717) is 11.2 Å². The van der Waals surface area contributed by atoms with Crippen LogP contribution in [0.25, 0.3) is 11.2 Å². The monoisotopic (exact) mass is 507 g/mol. The predicted octanol–water partition coefficient (Wildman–Crippen LogP) is 0.291. The second kappa shape index (κ2) is 15.0. The Kier molecular flexibility index (Phi) is 11.7. The first-order valence-corrected chi connectivity index (χ1v) is 11.9. The molecule has 1 amide bonds. The van der Waals surface area contributed by atoms with Gasteiger partial charge < -0.3 is 24.8 Å². The normalized spacial score (nSPS) is 22.8. The number of ether oxygens (including phenoxy) is 2. The number of fused-ring (bicyclic) bond motifs is 1. The van der Waals surface area contributed by atoms with E-state index in [4.69, 9.17) is 21.7 Å². The third kappa shape index (κ3) is 7.70. The zero-order chi connectivity index (χ0) is 27.3. The van der Waals surface area contributed by atoms with Crippen LogP contribution in [-0.2, 0) is 23.4 Å². The molecule has 192 valence electrons. The second-order valence-electron chi connectivity index (χ2n) is 7.11. The first-order chi connectivity index (χ1) is 17.2. The fourth-order valence-electron chi connectivity index (χ4n) is 3.46. The van der Waals surface area contributed by atoms with Gasteiger partial charge in [0, 0.05) is 27.1 Å². The highest BCUT2D eigenvalue weighted by atomic mass is 31.1. The molecule has 0 aromatic carbocycles. The summed E-state index contributed by atoms with van der Waals surface area (Å²) in [4.78, 5) is 34.4. The second-order valence-corrected chi connectivity index (χ2v) is 7.80. The molecule has 1 aliphatic heterocycles. The maximum atomic E-state index is 11.3. The average molecular weight is 508 g/mol. The number of aliphatic hydroxyl groups is 1. The zero-order valence-corrected chi connectivity index (χ0v) is 21.3. The molecule has 2 aromatic heterocycles. The summed E-state index contributed by atoms with van der Waals surface area (Å²) in [5.74, 6) is -0.0580. The third-order valence-electron chi connectivity index (χ3n) is 5.20. The summed E-state index contributed by atoms with van der Waals surface area (Å²) in [6.45, 7) is 11.6. The number of nitrogens with zero attached hydrogens (tertiary/aromatic N) is 4. The number of aromatic nitrogens is 4. The minimum atomic E-state index is -2.89. The van der Waals surface area contributed by atoms with Crippen LogP contribution in [0.15, 0.2) is 12.7 Å². The van der Waals surface area contributed by atoms with Crippen molar-refractivity contribution in [1.29, 1.82) is 1.43 Å². The van der Waals surface area contributed by atoms with Crippen molar-refractivity contribution in [2.24, 2.45) is 0 Å². The van der Waals surface area contributed by atoms with Gasteiger partial charge in [0.1, 0.15) is 12.4 Å². The van der Waals surface area contributed by atoms with E-state index < -0.39 is 32.8 Å². The molecule has 0 radical (unpaired) electrons. The van der Waals surface area contributed by atoms with Gasteiger partial charge in [-0.05, 0) is 27.7 Å². The van der Waals surface area contributed by atoms with Crippen molar-refractivity contribution in [3.63, 3.8) is 0 Å². The van der Waals surface area contributed by atoms with Crippen LogP contribution in [0.5, 0.6) is 0 Å². The molecule has 34 heavy (non-hydrogen) atoms. The molecular formula is C20H37N6O7P+2. The van der Waals surface area contributed by atoms with Gasteiger partial charge in [-0.15, -0.1) is 9.42 Å². The predicted molar refractivity (Wildman–Crippen MR) is 125 cm³/mol. The number of methoxy groups -OCH3 is 1. The Balaban J connectivity index is 0.000000552.